The Labute approximate surface area is 74.4 Å². The van der Waals surface area contributed by atoms with E-state index in [2.05, 4.69) is 4.98 Å². The van der Waals surface area contributed by atoms with Crippen molar-refractivity contribution in [3.8, 4) is 6.07 Å². The summed E-state index contributed by atoms with van der Waals surface area (Å²) in [5.41, 5.74) is 5.93. The monoisotopic (exact) mass is 177 g/mol. The van der Waals surface area contributed by atoms with Gasteiger partial charge in [-0.2, -0.15) is 5.26 Å². The maximum absolute atomic E-state index is 10.4. The highest BCUT2D eigenvalue weighted by Crippen LogP contribution is 2.08. The zero-order chi connectivity index (χ0) is 9.84. The molecule has 1 atom stereocenters. The van der Waals surface area contributed by atoms with Gasteiger partial charge in [0.05, 0.1) is 0 Å². The summed E-state index contributed by atoms with van der Waals surface area (Å²) in [6.07, 6.45) is 1.29. The van der Waals surface area contributed by atoms with Crippen LogP contribution in [0.3, 0.4) is 0 Å². The maximum atomic E-state index is 10.4. The van der Waals surface area contributed by atoms with Crippen LogP contribution >= 0.6 is 0 Å². The molecule has 0 bridgehead atoms. The molecule has 66 valence electrons. The highest BCUT2D eigenvalue weighted by Gasteiger charge is 2.13. The Morgan fingerprint density at radius 2 is 2.38 bits per heavy atom. The second-order valence-corrected chi connectivity index (χ2v) is 2.40. The molecule has 0 fully saturated rings. The van der Waals surface area contributed by atoms with Crippen LogP contribution in [0, 0.1) is 11.3 Å². The number of aliphatic carboxylic acids is 1. The molecule has 0 aliphatic rings. The van der Waals surface area contributed by atoms with Gasteiger partial charge in [0.15, 0.2) is 0 Å². The molecule has 0 aliphatic carbocycles. The molecule has 1 rings (SSSR count). The topological polar surface area (TPSA) is 100 Å². The van der Waals surface area contributed by atoms with Crippen LogP contribution < -0.4 is 5.73 Å². The molecule has 3 N–H and O–H groups in total. The van der Waals surface area contributed by atoms with Crippen molar-refractivity contribution < 1.29 is 9.90 Å². The molecule has 0 spiro atoms. The summed E-state index contributed by atoms with van der Waals surface area (Å²) in [4.78, 5) is 14.1. The number of carboxylic acid groups (broad SMARTS) is 1. The smallest absolute Gasteiger partial charge is 0.325 e. The Morgan fingerprint density at radius 3 is 2.77 bits per heavy atom. The lowest BCUT2D eigenvalue weighted by Crippen LogP contribution is -2.20. The van der Waals surface area contributed by atoms with Crippen molar-refractivity contribution in [3.05, 3.63) is 29.6 Å². The SMILES string of the molecule is N#Cc1ccc([C@@H](N)C(=O)O)cn1. The third-order valence-corrected chi connectivity index (χ3v) is 1.53. The van der Waals surface area contributed by atoms with Gasteiger partial charge in [-0.25, -0.2) is 4.98 Å². The molecule has 1 aromatic rings. The summed E-state index contributed by atoms with van der Waals surface area (Å²) in [7, 11) is 0. The Kier molecular flexibility index (Phi) is 2.57. The summed E-state index contributed by atoms with van der Waals surface area (Å²) >= 11 is 0. The van der Waals surface area contributed by atoms with Crippen LogP contribution in [0.25, 0.3) is 0 Å². The van der Waals surface area contributed by atoms with E-state index in [0.717, 1.165) is 0 Å². The first-order valence-corrected chi connectivity index (χ1v) is 3.49. The van der Waals surface area contributed by atoms with Gasteiger partial charge in [0.25, 0.3) is 0 Å². The van der Waals surface area contributed by atoms with Crippen molar-refractivity contribution in [1.29, 1.82) is 5.26 Å². The van der Waals surface area contributed by atoms with E-state index in [1.54, 1.807) is 0 Å². The van der Waals surface area contributed by atoms with Gasteiger partial charge < -0.3 is 10.8 Å². The van der Waals surface area contributed by atoms with E-state index in [4.69, 9.17) is 16.1 Å². The van der Waals surface area contributed by atoms with Gasteiger partial charge in [-0.3, -0.25) is 4.79 Å². The van der Waals surface area contributed by atoms with Gasteiger partial charge in [0.1, 0.15) is 17.8 Å². The van der Waals surface area contributed by atoms with Gasteiger partial charge in [-0.1, -0.05) is 6.07 Å². The Bertz CT molecular complexity index is 353. The van der Waals surface area contributed by atoms with Crippen molar-refractivity contribution in [2.75, 3.05) is 0 Å². The number of aromatic nitrogens is 1. The van der Waals surface area contributed by atoms with Gasteiger partial charge in [-0.05, 0) is 11.6 Å². The maximum Gasteiger partial charge on any atom is 0.325 e. The van der Waals surface area contributed by atoms with Crippen LogP contribution in [0.4, 0.5) is 0 Å². The zero-order valence-electron chi connectivity index (χ0n) is 6.64. The molecule has 0 saturated heterocycles. The van der Waals surface area contributed by atoms with E-state index < -0.39 is 12.0 Å². The van der Waals surface area contributed by atoms with Crippen LogP contribution in [0.5, 0.6) is 0 Å². The molecule has 5 heteroatoms. The number of carboxylic acids is 1. The lowest BCUT2D eigenvalue weighted by atomic mass is 10.1. The predicted molar refractivity (Wildman–Crippen MR) is 43.5 cm³/mol. The average Bonchev–Trinajstić information content (AvgIpc) is 2.17. The van der Waals surface area contributed by atoms with Crippen LogP contribution in [-0.4, -0.2) is 16.1 Å². The molecule has 0 aromatic carbocycles. The number of hydrogen-bond acceptors (Lipinski definition) is 4. The number of nitrogens with zero attached hydrogens (tertiary/aromatic N) is 2. The van der Waals surface area contributed by atoms with Gasteiger partial charge in [-0.15, -0.1) is 0 Å². The first kappa shape index (κ1) is 9.16. The molecule has 1 heterocycles. The van der Waals surface area contributed by atoms with E-state index in [9.17, 15) is 4.79 Å². The minimum absolute atomic E-state index is 0.237. The number of hydrogen-bond donors (Lipinski definition) is 2. The van der Waals surface area contributed by atoms with Crippen LogP contribution in [-0.2, 0) is 4.79 Å². The second-order valence-electron chi connectivity index (χ2n) is 2.40. The standard InChI is InChI=1S/C8H7N3O2/c9-3-6-2-1-5(4-11-6)7(10)8(12)13/h1-2,4,7H,10H2,(H,12,13)/t7-/m1/s1. The Morgan fingerprint density at radius 1 is 1.69 bits per heavy atom. The molecule has 5 nitrogen and oxygen atoms in total. The van der Waals surface area contributed by atoms with Gasteiger partial charge >= 0.3 is 5.97 Å². The molecule has 0 amide bonds. The van der Waals surface area contributed by atoms with E-state index in [0.29, 0.717) is 5.56 Å². The van der Waals surface area contributed by atoms with Gasteiger partial charge in [0.2, 0.25) is 0 Å². The van der Waals surface area contributed by atoms with Crippen LogP contribution in [0.15, 0.2) is 18.3 Å². The number of nitriles is 1. The van der Waals surface area contributed by atoms with Crippen LogP contribution in [0.1, 0.15) is 17.3 Å². The number of rotatable bonds is 2. The molecule has 0 unspecified atom stereocenters. The van der Waals surface area contributed by atoms with Crippen LogP contribution in [0.2, 0.25) is 0 Å². The minimum atomic E-state index is -1.12. The van der Waals surface area contributed by atoms with E-state index >= 15 is 0 Å². The van der Waals surface area contributed by atoms with Crippen molar-refractivity contribution in [3.63, 3.8) is 0 Å². The van der Waals surface area contributed by atoms with Crippen molar-refractivity contribution in [2.45, 2.75) is 6.04 Å². The third-order valence-electron chi connectivity index (χ3n) is 1.53. The molecule has 1 aromatic heterocycles. The number of carbonyl (C=O) groups is 1. The fraction of sp³-hybridized carbons (Fsp3) is 0.125. The second kappa shape index (κ2) is 3.65. The Balaban J connectivity index is 2.93. The van der Waals surface area contributed by atoms with E-state index in [1.807, 2.05) is 6.07 Å². The average molecular weight is 177 g/mol. The molecule has 0 saturated carbocycles. The predicted octanol–water partition coefficient (Wildman–Crippen LogP) is 0.0377. The van der Waals surface area contributed by atoms with Crippen molar-refractivity contribution in [2.24, 2.45) is 5.73 Å². The largest absolute Gasteiger partial charge is 0.480 e. The Hall–Kier alpha value is -1.93. The lowest BCUT2D eigenvalue weighted by molar-refractivity contribution is -0.138. The summed E-state index contributed by atoms with van der Waals surface area (Å²) in [5.74, 6) is -1.12. The molecule has 13 heavy (non-hydrogen) atoms. The van der Waals surface area contributed by atoms with Gasteiger partial charge in [0, 0.05) is 6.20 Å². The number of nitrogens with two attached hydrogens (primary N) is 1. The zero-order valence-corrected chi connectivity index (χ0v) is 6.64. The fourth-order valence-corrected chi connectivity index (χ4v) is 0.798. The first-order valence-electron chi connectivity index (χ1n) is 3.49. The summed E-state index contributed by atoms with van der Waals surface area (Å²) in [5, 5.41) is 17.0. The highest BCUT2D eigenvalue weighted by molar-refractivity contribution is 5.75. The van der Waals surface area contributed by atoms with E-state index in [-0.39, 0.29) is 5.69 Å². The third kappa shape index (κ3) is 2.01. The summed E-state index contributed by atoms with van der Waals surface area (Å²) in [6, 6.07) is 3.65. The number of pyridine rings is 1. The fourth-order valence-electron chi connectivity index (χ4n) is 0.798. The van der Waals surface area contributed by atoms with E-state index in [1.165, 1.54) is 18.3 Å². The normalized spacial score (nSPS) is 11.7. The molecular weight excluding hydrogens is 170 g/mol. The molecular formula is C8H7N3O2. The van der Waals surface area contributed by atoms with Crippen molar-refractivity contribution >= 4 is 5.97 Å². The summed E-state index contributed by atoms with van der Waals surface area (Å²) in [6.45, 7) is 0. The summed E-state index contributed by atoms with van der Waals surface area (Å²) < 4.78 is 0. The first-order chi connectivity index (χ1) is 6.15. The molecule has 0 aliphatic heterocycles. The highest BCUT2D eigenvalue weighted by atomic mass is 16.4. The quantitative estimate of drug-likeness (QED) is 0.664. The molecule has 0 radical (unpaired) electrons. The lowest BCUT2D eigenvalue weighted by Gasteiger charge is -2.04. The minimum Gasteiger partial charge on any atom is -0.480 e. The van der Waals surface area contributed by atoms with Crippen molar-refractivity contribution in [1.82, 2.24) is 4.98 Å².